The molecule has 0 aromatic heterocycles. The number of esters is 1. The van der Waals surface area contributed by atoms with E-state index in [-0.39, 0.29) is 36.5 Å². The van der Waals surface area contributed by atoms with Crippen LogP contribution < -0.4 is 0 Å². The lowest BCUT2D eigenvalue weighted by Crippen LogP contribution is -2.33. The number of carbonyl (C=O) groups is 1. The minimum atomic E-state index is -0.468. The number of rotatable bonds is 27. The molecule has 0 radical (unpaired) electrons. The Bertz CT molecular complexity index is 834. The minimum Gasteiger partial charge on any atom is -0.455 e. The van der Waals surface area contributed by atoms with Crippen molar-refractivity contribution >= 4 is 5.97 Å². The van der Waals surface area contributed by atoms with Gasteiger partial charge in [0.2, 0.25) is 0 Å². The van der Waals surface area contributed by atoms with E-state index in [2.05, 4.69) is 0 Å². The fourth-order valence-corrected chi connectivity index (χ4v) is 7.50. The third-order valence-electron chi connectivity index (χ3n) is 10.3. The molecule has 3 rings (SSSR count). The standard InChI is InChI=1S/C38H68O8/c1-29-27-30(38(43)44-29)28-31(40)19-15-11-7-4-5-9-13-17-21-33(42)35-23-25-37(46-35)36-24-22-34(45-36)32(41)20-16-12-8-3-2-6-10-14-18-26-39/h27,29,31-37,39-42H,2-26,28H2,1H3/t29-,31+,32+,33+,34+,35+,36+,37+/m0/s1. The molecular weight excluding hydrogens is 584 g/mol. The molecule has 0 aromatic carbocycles. The molecule has 46 heavy (non-hydrogen) atoms. The van der Waals surface area contributed by atoms with Crippen LogP contribution in [0.4, 0.5) is 0 Å². The smallest absolute Gasteiger partial charge is 0.334 e. The van der Waals surface area contributed by atoms with Gasteiger partial charge in [0, 0.05) is 18.6 Å². The van der Waals surface area contributed by atoms with Crippen molar-refractivity contribution in [3.63, 3.8) is 0 Å². The summed E-state index contributed by atoms with van der Waals surface area (Å²) in [6.45, 7) is 2.15. The van der Waals surface area contributed by atoms with Crippen molar-refractivity contribution in [1.82, 2.24) is 0 Å². The SMILES string of the molecule is C[C@H]1C=C(C[C@H](O)CCCCCCCCCC[C@@H](O)[C@H]2CC[C@H]([C@H]3CC[C@H]([C@H](O)CCCCCCCCCCCO)O3)O2)C(=O)O1. The van der Waals surface area contributed by atoms with Crippen LogP contribution in [0.25, 0.3) is 0 Å². The van der Waals surface area contributed by atoms with Crippen LogP contribution in [0, 0.1) is 0 Å². The fraction of sp³-hybridized carbons (Fsp3) is 0.921. The average Bonchev–Trinajstić information content (AvgIpc) is 3.79. The molecule has 0 aliphatic carbocycles. The van der Waals surface area contributed by atoms with Crippen LogP contribution in [0.15, 0.2) is 11.6 Å². The molecule has 2 fully saturated rings. The van der Waals surface area contributed by atoms with Crippen LogP contribution in [0.2, 0.25) is 0 Å². The number of carbonyl (C=O) groups excluding carboxylic acids is 1. The molecule has 2 saturated heterocycles. The van der Waals surface area contributed by atoms with Crippen LogP contribution in [-0.4, -0.2) is 81.8 Å². The van der Waals surface area contributed by atoms with Gasteiger partial charge in [-0.2, -0.15) is 0 Å². The van der Waals surface area contributed by atoms with E-state index in [9.17, 15) is 20.1 Å². The molecule has 0 unspecified atom stereocenters. The number of hydrogen-bond acceptors (Lipinski definition) is 8. The highest BCUT2D eigenvalue weighted by Gasteiger charge is 2.40. The Labute approximate surface area is 279 Å². The Morgan fingerprint density at radius 3 is 1.46 bits per heavy atom. The van der Waals surface area contributed by atoms with Crippen molar-refractivity contribution in [2.45, 2.75) is 216 Å². The lowest BCUT2D eigenvalue weighted by Gasteiger charge is -2.24. The van der Waals surface area contributed by atoms with Crippen LogP contribution >= 0.6 is 0 Å². The van der Waals surface area contributed by atoms with Gasteiger partial charge in [0.05, 0.1) is 42.7 Å². The first-order chi connectivity index (χ1) is 22.4. The van der Waals surface area contributed by atoms with E-state index in [4.69, 9.17) is 19.3 Å². The summed E-state index contributed by atoms with van der Waals surface area (Å²) in [5.74, 6) is -0.284. The maximum absolute atomic E-state index is 11.7. The molecule has 0 aromatic rings. The summed E-state index contributed by atoms with van der Waals surface area (Å²) in [6, 6.07) is 0. The van der Waals surface area contributed by atoms with Gasteiger partial charge in [0.25, 0.3) is 0 Å². The molecule has 0 bridgehead atoms. The van der Waals surface area contributed by atoms with Gasteiger partial charge in [-0.3, -0.25) is 0 Å². The molecular formula is C38H68O8. The monoisotopic (exact) mass is 652 g/mol. The Kier molecular flexibility index (Phi) is 20.0. The molecule has 4 N–H and O–H groups in total. The molecule has 0 saturated carbocycles. The Morgan fingerprint density at radius 1 is 0.630 bits per heavy atom. The summed E-state index contributed by atoms with van der Waals surface area (Å²) >= 11 is 0. The van der Waals surface area contributed by atoms with Crippen molar-refractivity contribution in [1.29, 1.82) is 0 Å². The van der Waals surface area contributed by atoms with Crippen molar-refractivity contribution < 1.29 is 39.4 Å². The van der Waals surface area contributed by atoms with E-state index < -0.39 is 18.3 Å². The highest BCUT2D eigenvalue weighted by Crippen LogP contribution is 2.34. The average molecular weight is 653 g/mol. The number of ether oxygens (including phenoxy) is 3. The molecule has 0 spiro atoms. The molecule has 3 aliphatic rings. The van der Waals surface area contributed by atoms with Gasteiger partial charge in [-0.25, -0.2) is 4.79 Å². The number of hydrogen-bond donors (Lipinski definition) is 4. The predicted octanol–water partition coefficient (Wildman–Crippen LogP) is 7.22. The lowest BCUT2D eigenvalue weighted by atomic mass is 10.00. The van der Waals surface area contributed by atoms with E-state index in [1.54, 1.807) is 0 Å². The second-order valence-corrected chi connectivity index (χ2v) is 14.5. The van der Waals surface area contributed by atoms with E-state index >= 15 is 0 Å². The Balaban J connectivity index is 1.12. The highest BCUT2D eigenvalue weighted by atomic mass is 16.6. The maximum atomic E-state index is 11.7. The van der Waals surface area contributed by atoms with E-state index in [0.717, 1.165) is 89.9 Å². The van der Waals surface area contributed by atoms with Gasteiger partial charge in [0.15, 0.2) is 0 Å². The minimum absolute atomic E-state index is 0.0374. The third kappa shape index (κ3) is 15.5. The number of cyclic esters (lactones) is 1. The van der Waals surface area contributed by atoms with Crippen molar-refractivity contribution in [3.05, 3.63) is 11.6 Å². The molecule has 0 amide bonds. The Hall–Kier alpha value is -1.03. The predicted molar refractivity (Wildman–Crippen MR) is 181 cm³/mol. The van der Waals surface area contributed by atoms with E-state index in [1.807, 2.05) is 13.0 Å². The van der Waals surface area contributed by atoms with Crippen LogP contribution in [-0.2, 0) is 19.0 Å². The van der Waals surface area contributed by atoms with Crippen LogP contribution in [0.3, 0.4) is 0 Å². The topological polar surface area (TPSA) is 126 Å². The maximum Gasteiger partial charge on any atom is 0.334 e. The zero-order valence-electron chi connectivity index (χ0n) is 29.0. The highest BCUT2D eigenvalue weighted by molar-refractivity contribution is 5.90. The second-order valence-electron chi connectivity index (χ2n) is 14.5. The Morgan fingerprint density at radius 2 is 1.04 bits per heavy atom. The quantitative estimate of drug-likeness (QED) is 0.0542. The van der Waals surface area contributed by atoms with E-state index in [1.165, 1.54) is 64.2 Å². The summed E-state index contributed by atoms with van der Waals surface area (Å²) in [6.07, 6.45) is 26.2. The normalized spacial score (nSPS) is 26.8. The number of aliphatic hydroxyl groups is 4. The van der Waals surface area contributed by atoms with E-state index in [0.29, 0.717) is 18.6 Å². The zero-order chi connectivity index (χ0) is 33.0. The molecule has 3 aliphatic heterocycles. The summed E-state index contributed by atoms with van der Waals surface area (Å²) in [5, 5.41) is 40.5. The molecule has 3 heterocycles. The first-order valence-electron chi connectivity index (χ1n) is 19.2. The number of aliphatic hydroxyl groups excluding tert-OH is 4. The van der Waals surface area contributed by atoms with Crippen molar-refractivity contribution in [2.75, 3.05) is 6.61 Å². The summed E-state index contributed by atoms with van der Waals surface area (Å²) in [7, 11) is 0. The van der Waals surface area contributed by atoms with Gasteiger partial charge in [-0.05, 0) is 64.4 Å². The third-order valence-corrected chi connectivity index (χ3v) is 10.3. The summed E-state index contributed by atoms with van der Waals surface area (Å²) < 4.78 is 17.7. The van der Waals surface area contributed by atoms with Gasteiger partial charge >= 0.3 is 5.97 Å². The number of unbranched alkanes of at least 4 members (excludes halogenated alkanes) is 15. The molecule has 8 nitrogen and oxygen atoms in total. The molecule has 268 valence electrons. The van der Waals surface area contributed by atoms with Crippen LogP contribution in [0.1, 0.15) is 167 Å². The largest absolute Gasteiger partial charge is 0.455 e. The first-order valence-corrected chi connectivity index (χ1v) is 19.2. The fourth-order valence-electron chi connectivity index (χ4n) is 7.50. The van der Waals surface area contributed by atoms with Gasteiger partial charge in [-0.15, -0.1) is 0 Å². The van der Waals surface area contributed by atoms with Gasteiger partial charge in [0.1, 0.15) is 6.10 Å². The summed E-state index contributed by atoms with van der Waals surface area (Å²) in [4.78, 5) is 11.7. The van der Waals surface area contributed by atoms with Crippen molar-refractivity contribution in [2.24, 2.45) is 0 Å². The van der Waals surface area contributed by atoms with Gasteiger partial charge < -0.3 is 34.6 Å². The first kappa shape index (κ1) is 39.4. The van der Waals surface area contributed by atoms with Crippen molar-refractivity contribution in [3.8, 4) is 0 Å². The van der Waals surface area contributed by atoms with Crippen LogP contribution in [0.5, 0.6) is 0 Å². The second kappa shape index (κ2) is 23.3. The molecule has 8 atom stereocenters. The van der Waals surface area contributed by atoms with Gasteiger partial charge in [-0.1, -0.05) is 103 Å². The molecule has 8 heteroatoms. The lowest BCUT2D eigenvalue weighted by molar-refractivity contribution is -0.139. The zero-order valence-corrected chi connectivity index (χ0v) is 29.0. The summed E-state index contributed by atoms with van der Waals surface area (Å²) in [5.41, 5.74) is 0.613.